The molecule has 0 rings (SSSR count). The molecule has 158 valence electrons. The van der Waals surface area contributed by atoms with Gasteiger partial charge in [-0.05, 0) is 0 Å². The van der Waals surface area contributed by atoms with Gasteiger partial charge in [0.1, 0.15) is 0 Å². The normalized spacial score (nSPS) is 11.8. The molecule has 0 saturated carbocycles. The summed E-state index contributed by atoms with van der Waals surface area (Å²) in [7, 11) is 0. The van der Waals surface area contributed by atoms with Crippen molar-refractivity contribution in [2.45, 2.75) is 105 Å². The second-order valence-corrected chi connectivity index (χ2v) is 20.7. The van der Waals surface area contributed by atoms with Gasteiger partial charge < -0.3 is 0 Å². The molecule has 0 aromatic carbocycles. The Morgan fingerprint density at radius 1 is 0.815 bits per heavy atom. The van der Waals surface area contributed by atoms with Crippen LogP contribution in [0.15, 0.2) is 10.2 Å². The van der Waals surface area contributed by atoms with E-state index in [0.717, 1.165) is 19.3 Å². The number of carbonyl (C=O) groups is 2. The van der Waals surface area contributed by atoms with Gasteiger partial charge in [-0.1, -0.05) is 0 Å². The van der Waals surface area contributed by atoms with Crippen LogP contribution in [0, 0.1) is 0 Å². The van der Waals surface area contributed by atoms with Crippen molar-refractivity contribution in [3.8, 4) is 0 Å². The van der Waals surface area contributed by atoms with Crippen LogP contribution in [0.4, 0.5) is 0 Å². The number of rotatable bonds is 18. The molecule has 0 heterocycles. The van der Waals surface area contributed by atoms with E-state index in [0.29, 0.717) is 13.0 Å². The van der Waals surface area contributed by atoms with Crippen LogP contribution in [0.25, 0.3) is 0 Å². The van der Waals surface area contributed by atoms with E-state index in [1.165, 1.54) is 51.8 Å². The minimum absolute atomic E-state index is 0.189. The van der Waals surface area contributed by atoms with E-state index in [2.05, 4.69) is 24.9 Å². The Morgan fingerprint density at radius 2 is 1.33 bits per heavy atom. The van der Waals surface area contributed by atoms with Crippen LogP contribution in [0.5, 0.6) is 0 Å². The number of esters is 1. The van der Waals surface area contributed by atoms with Gasteiger partial charge in [0.2, 0.25) is 0 Å². The Morgan fingerprint density at radius 3 is 1.81 bits per heavy atom. The second kappa shape index (κ2) is 17.6. The van der Waals surface area contributed by atoms with Crippen molar-refractivity contribution in [3.63, 3.8) is 0 Å². The number of unbranched alkanes of at least 4 members (excludes halogenated alkanes) is 6. The molecule has 0 atom stereocenters. The van der Waals surface area contributed by atoms with Crippen molar-refractivity contribution in [2.75, 3.05) is 6.61 Å². The summed E-state index contributed by atoms with van der Waals surface area (Å²) >= 11 is -2.39. The molecule has 5 heteroatoms. The molecule has 0 aromatic rings. The van der Waals surface area contributed by atoms with Crippen LogP contribution in [0.2, 0.25) is 13.3 Å². The molecule has 0 aliphatic rings. The van der Waals surface area contributed by atoms with Gasteiger partial charge in [0.15, 0.2) is 0 Å². The summed E-state index contributed by atoms with van der Waals surface area (Å²) in [6.45, 7) is 7.21. The SMILES string of the molecule is CCC[CH2][Sn](/[CH]=C/C(=O)OCCCCCCC(=O)O)([CH2]CCC)[CH2]CCC. The first-order valence-electron chi connectivity index (χ1n) is 11.1. The Balaban J connectivity index is 4.44. The molecule has 0 spiro atoms. The fourth-order valence-electron chi connectivity index (χ4n) is 3.41. The van der Waals surface area contributed by atoms with E-state index in [1.54, 1.807) is 6.08 Å². The van der Waals surface area contributed by atoms with Crippen LogP contribution in [0.3, 0.4) is 0 Å². The molecular formula is C22H42O4Sn. The Bertz CT molecular complexity index is 399. The number of carboxylic acid groups (broad SMARTS) is 1. The molecule has 0 bridgehead atoms. The Kier molecular flexibility index (Phi) is 17.2. The van der Waals surface area contributed by atoms with Crippen molar-refractivity contribution in [3.05, 3.63) is 10.2 Å². The van der Waals surface area contributed by atoms with Gasteiger partial charge in [0.05, 0.1) is 0 Å². The predicted molar refractivity (Wildman–Crippen MR) is 116 cm³/mol. The maximum atomic E-state index is 12.1. The van der Waals surface area contributed by atoms with Gasteiger partial charge >= 0.3 is 171 Å². The summed E-state index contributed by atoms with van der Waals surface area (Å²) in [5.74, 6) is -0.929. The first kappa shape index (κ1) is 26.5. The average molecular weight is 489 g/mol. The molecule has 0 aromatic heterocycles. The summed E-state index contributed by atoms with van der Waals surface area (Å²) in [6, 6.07) is 0. The summed E-state index contributed by atoms with van der Waals surface area (Å²) in [6.07, 6.45) is 12.9. The van der Waals surface area contributed by atoms with Crippen molar-refractivity contribution in [1.82, 2.24) is 0 Å². The van der Waals surface area contributed by atoms with E-state index in [4.69, 9.17) is 9.84 Å². The molecule has 0 aliphatic heterocycles. The summed E-state index contributed by atoms with van der Waals surface area (Å²) in [5, 5.41) is 8.60. The first-order valence-corrected chi connectivity index (χ1v) is 18.8. The number of hydrogen-bond acceptors (Lipinski definition) is 3. The van der Waals surface area contributed by atoms with Gasteiger partial charge in [-0.3, -0.25) is 0 Å². The van der Waals surface area contributed by atoms with Crippen LogP contribution < -0.4 is 0 Å². The van der Waals surface area contributed by atoms with E-state index < -0.39 is 24.3 Å². The molecule has 4 nitrogen and oxygen atoms in total. The Labute approximate surface area is 171 Å². The minimum atomic E-state index is -2.39. The van der Waals surface area contributed by atoms with Crippen molar-refractivity contribution in [2.24, 2.45) is 0 Å². The molecule has 0 radical (unpaired) electrons. The standard InChI is InChI=1S/C10H15O4.3C4H9.Sn/c1-2-10(13)14-8-6-4-3-5-7-9(11)12;3*1-3-4-2;/h1-2H,3-8H2,(H,11,12);3*1,3-4H2,2H3;. The van der Waals surface area contributed by atoms with Crippen LogP contribution in [-0.4, -0.2) is 42.0 Å². The third-order valence-electron chi connectivity index (χ3n) is 5.19. The molecule has 27 heavy (non-hydrogen) atoms. The summed E-state index contributed by atoms with van der Waals surface area (Å²) in [5.41, 5.74) is 0. The molecule has 0 saturated heterocycles. The average Bonchev–Trinajstić information content (AvgIpc) is 2.66. The number of ether oxygens (including phenoxy) is 1. The molecule has 0 unspecified atom stereocenters. The van der Waals surface area contributed by atoms with Crippen molar-refractivity contribution < 1.29 is 19.4 Å². The topological polar surface area (TPSA) is 63.6 Å². The van der Waals surface area contributed by atoms with E-state index >= 15 is 0 Å². The summed E-state index contributed by atoms with van der Waals surface area (Å²) in [4.78, 5) is 22.6. The third-order valence-corrected chi connectivity index (χ3v) is 19.2. The van der Waals surface area contributed by atoms with Crippen LogP contribution >= 0.6 is 0 Å². The fourth-order valence-corrected chi connectivity index (χ4v) is 17.4. The van der Waals surface area contributed by atoms with Gasteiger partial charge in [0, 0.05) is 0 Å². The zero-order valence-corrected chi connectivity index (χ0v) is 20.8. The molecule has 0 fully saturated rings. The van der Waals surface area contributed by atoms with E-state index in [1.807, 2.05) is 0 Å². The van der Waals surface area contributed by atoms with E-state index in [-0.39, 0.29) is 12.4 Å². The molecule has 1 N–H and O–H groups in total. The van der Waals surface area contributed by atoms with Crippen molar-refractivity contribution >= 4 is 30.3 Å². The Hall–Kier alpha value is -0.521. The fraction of sp³-hybridized carbons (Fsp3) is 0.818. The van der Waals surface area contributed by atoms with Gasteiger partial charge in [0.25, 0.3) is 0 Å². The second-order valence-electron chi connectivity index (χ2n) is 7.73. The predicted octanol–water partition coefficient (Wildman–Crippen LogP) is 6.51. The number of aliphatic carboxylic acids is 1. The zero-order chi connectivity index (χ0) is 20.4. The van der Waals surface area contributed by atoms with E-state index in [9.17, 15) is 9.59 Å². The number of hydrogen-bond donors (Lipinski definition) is 1. The first-order chi connectivity index (χ1) is 13.0. The molecule has 0 aliphatic carbocycles. The van der Waals surface area contributed by atoms with Crippen molar-refractivity contribution in [1.29, 1.82) is 0 Å². The molecular weight excluding hydrogens is 447 g/mol. The van der Waals surface area contributed by atoms with Gasteiger partial charge in [-0.2, -0.15) is 0 Å². The monoisotopic (exact) mass is 490 g/mol. The maximum absolute atomic E-state index is 12.1. The number of carbonyl (C=O) groups excluding carboxylic acids is 1. The molecule has 0 amide bonds. The van der Waals surface area contributed by atoms with Crippen LogP contribution in [-0.2, 0) is 14.3 Å². The zero-order valence-electron chi connectivity index (χ0n) is 17.9. The van der Waals surface area contributed by atoms with Gasteiger partial charge in [-0.15, -0.1) is 0 Å². The van der Waals surface area contributed by atoms with Gasteiger partial charge in [-0.25, -0.2) is 0 Å². The summed E-state index contributed by atoms with van der Waals surface area (Å²) < 4.78 is 11.8. The number of carboxylic acids is 1. The third kappa shape index (κ3) is 15.1. The quantitative estimate of drug-likeness (QED) is 0.103. The van der Waals surface area contributed by atoms with Crippen LogP contribution in [0.1, 0.15) is 91.4 Å².